The fraction of sp³-hybridized carbons (Fsp3) is 0.333. The van der Waals surface area contributed by atoms with Gasteiger partial charge in [0.15, 0.2) is 0 Å². The molecule has 0 saturated carbocycles. The number of aliphatic hydroxyl groups is 1. The highest BCUT2D eigenvalue weighted by molar-refractivity contribution is 5.93. The Hall–Kier alpha value is -2.64. The number of nitrogens with one attached hydrogen (secondary N) is 1. The summed E-state index contributed by atoms with van der Waals surface area (Å²) < 4.78 is 10.8. The maximum Gasteiger partial charge on any atom is 0.335 e. The van der Waals surface area contributed by atoms with E-state index in [1.807, 2.05) is 24.3 Å². The molecule has 1 spiro atoms. The fourth-order valence-electron chi connectivity index (χ4n) is 3.60. The number of likely N-dealkylation sites (tertiary alicyclic amines) is 1. The van der Waals surface area contributed by atoms with Gasteiger partial charge < -0.3 is 19.6 Å². The standard InChI is InChI=1S/C18H18N2O5/c1-20-10-8-17(23,13-3-2-4-14-12(13)7-9-19-14)11-18(20)24-15(21)5-6-16(22)25-18/h2-7,9,19,23H,8,10-11H2,1H3. The molecule has 2 aliphatic heterocycles. The first-order valence-electron chi connectivity index (χ1n) is 8.06. The monoisotopic (exact) mass is 342 g/mol. The van der Waals surface area contributed by atoms with Gasteiger partial charge in [0.05, 0.1) is 6.42 Å². The molecule has 0 amide bonds. The number of rotatable bonds is 1. The molecule has 1 saturated heterocycles. The number of aromatic amines is 1. The quantitative estimate of drug-likeness (QED) is 0.761. The Bertz CT molecular complexity index is 866. The molecule has 1 aromatic heterocycles. The molecule has 7 heteroatoms. The van der Waals surface area contributed by atoms with Crippen LogP contribution in [-0.4, -0.2) is 46.4 Å². The van der Waals surface area contributed by atoms with Crippen LogP contribution in [0.5, 0.6) is 0 Å². The highest BCUT2D eigenvalue weighted by Gasteiger charge is 2.54. The normalized spacial score (nSPS) is 26.5. The molecule has 2 N–H and O–H groups in total. The summed E-state index contributed by atoms with van der Waals surface area (Å²) >= 11 is 0. The molecule has 130 valence electrons. The minimum atomic E-state index is -1.64. The number of hydrogen-bond donors (Lipinski definition) is 2. The molecule has 0 aliphatic carbocycles. The van der Waals surface area contributed by atoms with Crippen molar-refractivity contribution in [2.75, 3.05) is 13.6 Å². The van der Waals surface area contributed by atoms with Gasteiger partial charge in [0.1, 0.15) is 5.60 Å². The van der Waals surface area contributed by atoms with Crippen LogP contribution in [-0.2, 0) is 24.7 Å². The second-order valence-corrected chi connectivity index (χ2v) is 6.51. The summed E-state index contributed by atoms with van der Waals surface area (Å²) in [7, 11) is 1.70. The third-order valence-electron chi connectivity index (χ3n) is 4.93. The van der Waals surface area contributed by atoms with Crippen molar-refractivity contribution in [2.45, 2.75) is 24.4 Å². The fourth-order valence-corrected chi connectivity index (χ4v) is 3.60. The Morgan fingerprint density at radius 1 is 1.16 bits per heavy atom. The van der Waals surface area contributed by atoms with Gasteiger partial charge in [0.2, 0.25) is 0 Å². The molecule has 2 aliphatic rings. The molecule has 2 aromatic rings. The van der Waals surface area contributed by atoms with Crippen molar-refractivity contribution in [1.29, 1.82) is 0 Å². The summed E-state index contributed by atoms with van der Waals surface area (Å²) in [6.07, 6.45) is 4.22. The summed E-state index contributed by atoms with van der Waals surface area (Å²) in [5, 5.41) is 12.3. The van der Waals surface area contributed by atoms with Crippen molar-refractivity contribution >= 4 is 22.8 Å². The van der Waals surface area contributed by atoms with E-state index in [1.165, 1.54) is 0 Å². The Morgan fingerprint density at radius 2 is 1.88 bits per heavy atom. The third kappa shape index (κ3) is 2.52. The van der Waals surface area contributed by atoms with Gasteiger partial charge in [-0.2, -0.15) is 0 Å². The van der Waals surface area contributed by atoms with Crippen LogP contribution >= 0.6 is 0 Å². The first kappa shape index (κ1) is 15.9. The van der Waals surface area contributed by atoms with Crippen molar-refractivity contribution in [3.05, 3.63) is 48.2 Å². The number of ether oxygens (including phenoxy) is 2. The van der Waals surface area contributed by atoms with Gasteiger partial charge in [-0.25, -0.2) is 14.5 Å². The maximum absolute atomic E-state index is 11.9. The molecule has 0 radical (unpaired) electrons. The minimum Gasteiger partial charge on any atom is -0.405 e. The second kappa shape index (κ2) is 5.44. The number of benzene rings is 1. The number of carbonyl (C=O) groups is 2. The van der Waals surface area contributed by atoms with E-state index in [1.54, 1.807) is 18.1 Å². The molecule has 7 nitrogen and oxygen atoms in total. The van der Waals surface area contributed by atoms with E-state index < -0.39 is 23.5 Å². The van der Waals surface area contributed by atoms with Crippen LogP contribution < -0.4 is 0 Å². The van der Waals surface area contributed by atoms with Crippen molar-refractivity contribution in [2.24, 2.45) is 0 Å². The number of piperidine rings is 1. The van der Waals surface area contributed by atoms with Gasteiger partial charge in [-0.1, -0.05) is 12.1 Å². The van der Waals surface area contributed by atoms with E-state index in [0.717, 1.165) is 23.1 Å². The maximum atomic E-state index is 11.9. The van der Waals surface area contributed by atoms with Crippen LogP contribution in [0.25, 0.3) is 10.9 Å². The van der Waals surface area contributed by atoms with Gasteiger partial charge in [-0.15, -0.1) is 0 Å². The number of H-pyrrole nitrogens is 1. The molecule has 25 heavy (non-hydrogen) atoms. The van der Waals surface area contributed by atoms with Crippen molar-refractivity contribution in [3.8, 4) is 0 Å². The molecule has 4 rings (SSSR count). The first-order chi connectivity index (χ1) is 11.9. The van der Waals surface area contributed by atoms with E-state index in [4.69, 9.17) is 9.47 Å². The lowest BCUT2D eigenvalue weighted by Gasteiger charge is -2.48. The summed E-state index contributed by atoms with van der Waals surface area (Å²) in [6, 6.07) is 7.50. The lowest BCUT2D eigenvalue weighted by molar-refractivity contribution is -0.311. The molecule has 1 fully saturated rings. The van der Waals surface area contributed by atoms with Gasteiger partial charge in [0, 0.05) is 35.8 Å². The van der Waals surface area contributed by atoms with Crippen LogP contribution in [0.3, 0.4) is 0 Å². The van der Waals surface area contributed by atoms with E-state index in [0.29, 0.717) is 18.5 Å². The molecular formula is C18H18N2O5. The van der Waals surface area contributed by atoms with Gasteiger partial charge in [-0.3, -0.25) is 0 Å². The number of fused-ring (bicyclic) bond motifs is 1. The van der Waals surface area contributed by atoms with Gasteiger partial charge in [-0.05, 0) is 31.2 Å². The van der Waals surface area contributed by atoms with E-state index in [-0.39, 0.29) is 6.42 Å². The van der Waals surface area contributed by atoms with Crippen LogP contribution in [0.4, 0.5) is 0 Å². The summed E-state index contributed by atoms with van der Waals surface area (Å²) in [4.78, 5) is 28.6. The SMILES string of the molecule is CN1CCC(O)(c2cccc3[nH]ccc23)CC12OC(=O)C=CC(=O)O2. The van der Waals surface area contributed by atoms with Gasteiger partial charge >= 0.3 is 17.8 Å². The first-order valence-corrected chi connectivity index (χ1v) is 8.06. The largest absolute Gasteiger partial charge is 0.405 e. The number of hydrogen-bond acceptors (Lipinski definition) is 6. The summed E-state index contributed by atoms with van der Waals surface area (Å²) in [6.45, 7) is 0.387. The third-order valence-corrected chi connectivity index (χ3v) is 4.93. The van der Waals surface area contributed by atoms with E-state index in [9.17, 15) is 14.7 Å². The van der Waals surface area contributed by atoms with E-state index in [2.05, 4.69) is 4.98 Å². The summed E-state index contributed by atoms with van der Waals surface area (Å²) in [5.41, 5.74) is 0.303. The lowest BCUT2D eigenvalue weighted by Crippen LogP contribution is -2.60. The number of esters is 2. The number of carbonyl (C=O) groups excluding carboxylic acids is 2. The van der Waals surface area contributed by atoms with E-state index >= 15 is 0 Å². The predicted octanol–water partition coefficient (Wildman–Crippen LogP) is 1.39. The van der Waals surface area contributed by atoms with Crippen molar-refractivity contribution in [1.82, 2.24) is 9.88 Å². The predicted molar refractivity (Wildman–Crippen MR) is 88.1 cm³/mol. The molecular weight excluding hydrogens is 324 g/mol. The van der Waals surface area contributed by atoms with Crippen LogP contribution in [0, 0.1) is 0 Å². The Kier molecular flexibility index (Phi) is 3.45. The van der Waals surface area contributed by atoms with Crippen LogP contribution in [0.15, 0.2) is 42.6 Å². The Balaban J connectivity index is 1.78. The molecule has 1 unspecified atom stereocenters. The number of aromatic nitrogens is 1. The van der Waals surface area contributed by atoms with Crippen LogP contribution in [0.1, 0.15) is 18.4 Å². The zero-order chi connectivity index (χ0) is 17.7. The smallest absolute Gasteiger partial charge is 0.335 e. The Morgan fingerprint density at radius 3 is 2.60 bits per heavy atom. The average molecular weight is 342 g/mol. The zero-order valence-corrected chi connectivity index (χ0v) is 13.7. The Labute approximate surface area is 143 Å². The average Bonchev–Trinajstić information content (AvgIpc) is 3.00. The summed E-state index contributed by atoms with van der Waals surface area (Å²) in [5.74, 6) is -2.99. The zero-order valence-electron chi connectivity index (χ0n) is 13.7. The van der Waals surface area contributed by atoms with Crippen molar-refractivity contribution < 1.29 is 24.2 Å². The minimum absolute atomic E-state index is 0.0695. The molecule has 1 atom stereocenters. The lowest BCUT2D eigenvalue weighted by atomic mass is 9.81. The molecule has 3 heterocycles. The number of nitrogens with zero attached hydrogens (tertiary/aromatic N) is 1. The van der Waals surface area contributed by atoms with Crippen molar-refractivity contribution in [3.63, 3.8) is 0 Å². The second-order valence-electron chi connectivity index (χ2n) is 6.51. The molecule has 1 aromatic carbocycles. The topological polar surface area (TPSA) is 91.9 Å². The molecule has 0 bridgehead atoms. The highest BCUT2D eigenvalue weighted by Crippen LogP contribution is 2.44. The van der Waals surface area contributed by atoms with Gasteiger partial charge in [0.25, 0.3) is 0 Å². The van der Waals surface area contributed by atoms with Crippen LogP contribution in [0.2, 0.25) is 0 Å². The highest BCUT2D eigenvalue weighted by atomic mass is 16.8.